The normalized spacial score (nSPS) is 15.4. The van der Waals surface area contributed by atoms with Crippen molar-refractivity contribution in [1.82, 2.24) is 10.6 Å². The van der Waals surface area contributed by atoms with Gasteiger partial charge in [0.2, 0.25) is 0 Å². The average Bonchev–Trinajstić information content (AvgIpc) is 2.33. The molecule has 0 radical (unpaired) electrons. The third-order valence-electron chi connectivity index (χ3n) is 3.42. The molecular weight excluding hydrogens is 244 g/mol. The molecule has 0 fully saturated rings. The molecular formula is C14H28N2O3. The van der Waals surface area contributed by atoms with Gasteiger partial charge in [0.25, 0.3) is 0 Å². The van der Waals surface area contributed by atoms with Crippen LogP contribution < -0.4 is 10.6 Å². The van der Waals surface area contributed by atoms with Crippen molar-refractivity contribution >= 4 is 12.0 Å². The van der Waals surface area contributed by atoms with Gasteiger partial charge in [-0.1, -0.05) is 33.6 Å². The summed E-state index contributed by atoms with van der Waals surface area (Å²) in [6.07, 6.45) is 2.90. The largest absolute Gasteiger partial charge is 0.481 e. The molecule has 0 aliphatic rings. The fourth-order valence-electron chi connectivity index (χ4n) is 1.95. The van der Waals surface area contributed by atoms with Crippen LogP contribution in [-0.2, 0) is 4.79 Å². The summed E-state index contributed by atoms with van der Waals surface area (Å²) in [4.78, 5) is 22.3. The Kier molecular flexibility index (Phi) is 9.00. The number of carboxylic acids is 1. The van der Waals surface area contributed by atoms with E-state index in [9.17, 15) is 9.59 Å². The molecule has 0 aromatic heterocycles. The Hall–Kier alpha value is -1.26. The molecule has 0 heterocycles. The Morgan fingerprint density at radius 1 is 1.16 bits per heavy atom. The number of hydrogen-bond acceptors (Lipinski definition) is 2. The molecule has 5 nitrogen and oxygen atoms in total. The van der Waals surface area contributed by atoms with E-state index in [0.717, 1.165) is 19.3 Å². The van der Waals surface area contributed by atoms with Gasteiger partial charge in [-0.2, -0.15) is 0 Å². The molecule has 2 amide bonds. The first-order chi connectivity index (χ1) is 8.88. The van der Waals surface area contributed by atoms with Crippen LogP contribution in [0.5, 0.6) is 0 Å². The van der Waals surface area contributed by atoms with Crippen LogP contribution in [0, 0.1) is 11.8 Å². The first-order valence-corrected chi connectivity index (χ1v) is 7.15. The summed E-state index contributed by atoms with van der Waals surface area (Å²) in [5, 5.41) is 14.4. The van der Waals surface area contributed by atoms with E-state index in [4.69, 9.17) is 5.11 Å². The zero-order chi connectivity index (χ0) is 14.8. The molecule has 0 aliphatic carbocycles. The van der Waals surface area contributed by atoms with Crippen LogP contribution in [0.2, 0.25) is 0 Å². The fourth-order valence-corrected chi connectivity index (χ4v) is 1.95. The van der Waals surface area contributed by atoms with E-state index in [1.807, 2.05) is 13.8 Å². The molecule has 0 spiro atoms. The van der Waals surface area contributed by atoms with E-state index in [0.29, 0.717) is 12.5 Å². The number of urea groups is 1. The highest BCUT2D eigenvalue weighted by molar-refractivity contribution is 5.74. The predicted octanol–water partition coefficient (Wildman–Crippen LogP) is 2.61. The van der Waals surface area contributed by atoms with Gasteiger partial charge in [0.05, 0.1) is 0 Å². The van der Waals surface area contributed by atoms with E-state index >= 15 is 0 Å². The standard InChI is InChI=1S/C14H28N2O3/c1-5-10(3)7-11(4)16-14(19)15-9-12(6-2)8-13(17)18/h10-12H,5-9H2,1-4H3,(H,17,18)(H2,15,16,19). The Morgan fingerprint density at radius 3 is 2.26 bits per heavy atom. The lowest BCUT2D eigenvalue weighted by Gasteiger charge is -2.19. The first kappa shape index (κ1) is 17.7. The minimum atomic E-state index is -0.820. The molecule has 0 aromatic rings. The van der Waals surface area contributed by atoms with Crippen molar-refractivity contribution in [2.75, 3.05) is 6.54 Å². The van der Waals surface area contributed by atoms with E-state index < -0.39 is 5.97 Å². The van der Waals surface area contributed by atoms with Gasteiger partial charge in [0.15, 0.2) is 0 Å². The monoisotopic (exact) mass is 272 g/mol. The molecule has 112 valence electrons. The van der Waals surface area contributed by atoms with Crippen LogP contribution in [-0.4, -0.2) is 29.7 Å². The maximum absolute atomic E-state index is 11.7. The Labute approximate surface area is 116 Å². The minimum absolute atomic E-state index is 0.00637. The van der Waals surface area contributed by atoms with Crippen molar-refractivity contribution in [3.8, 4) is 0 Å². The maximum Gasteiger partial charge on any atom is 0.315 e. The molecule has 3 unspecified atom stereocenters. The maximum atomic E-state index is 11.7. The van der Waals surface area contributed by atoms with Crippen molar-refractivity contribution in [3.63, 3.8) is 0 Å². The first-order valence-electron chi connectivity index (χ1n) is 7.15. The quantitative estimate of drug-likeness (QED) is 0.603. The van der Waals surface area contributed by atoms with Gasteiger partial charge < -0.3 is 15.7 Å². The van der Waals surface area contributed by atoms with Crippen LogP contribution in [0.25, 0.3) is 0 Å². The molecule has 0 saturated carbocycles. The SMILES string of the molecule is CCC(C)CC(C)NC(=O)NCC(CC)CC(=O)O. The smallest absolute Gasteiger partial charge is 0.315 e. The van der Waals surface area contributed by atoms with Gasteiger partial charge in [-0.15, -0.1) is 0 Å². The Balaban J connectivity index is 3.93. The van der Waals surface area contributed by atoms with Gasteiger partial charge >= 0.3 is 12.0 Å². The van der Waals surface area contributed by atoms with E-state index in [1.165, 1.54) is 0 Å². The molecule has 0 aliphatic heterocycles. The molecule has 0 aromatic carbocycles. The molecule has 3 N–H and O–H groups in total. The number of carbonyl (C=O) groups is 2. The second-order valence-electron chi connectivity index (χ2n) is 5.38. The average molecular weight is 272 g/mol. The van der Waals surface area contributed by atoms with Crippen LogP contribution in [0.1, 0.15) is 53.4 Å². The molecule has 0 saturated heterocycles. The highest BCUT2D eigenvalue weighted by Crippen LogP contribution is 2.09. The van der Waals surface area contributed by atoms with Gasteiger partial charge in [-0.3, -0.25) is 4.79 Å². The number of nitrogens with one attached hydrogen (secondary N) is 2. The van der Waals surface area contributed by atoms with E-state index in [-0.39, 0.29) is 24.4 Å². The lowest BCUT2D eigenvalue weighted by molar-refractivity contribution is -0.138. The van der Waals surface area contributed by atoms with Crippen molar-refractivity contribution < 1.29 is 14.7 Å². The minimum Gasteiger partial charge on any atom is -0.481 e. The lowest BCUT2D eigenvalue weighted by Crippen LogP contribution is -2.43. The lowest BCUT2D eigenvalue weighted by atomic mass is 10.0. The molecule has 3 atom stereocenters. The topological polar surface area (TPSA) is 78.4 Å². The predicted molar refractivity (Wildman–Crippen MR) is 76.1 cm³/mol. The number of carboxylic acid groups (broad SMARTS) is 1. The highest BCUT2D eigenvalue weighted by atomic mass is 16.4. The highest BCUT2D eigenvalue weighted by Gasteiger charge is 2.14. The van der Waals surface area contributed by atoms with Crippen molar-refractivity contribution in [2.45, 2.75) is 59.4 Å². The number of hydrogen-bond donors (Lipinski definition) is 3. The van der Waals surface area contributed by atoms with Crippen LogP contribution >= 0.6 is 0 Å². The second-order valence-corrected chi connectivity index (χ2v) is 5.38. The van der Waals surface area contributed by atoms with Crippen molar-refractivity contribution in [1.29, 1.82) is 0 Å². The zero-order valence-electron chi connectivity index (χ0n) is 12.5. The van der Waals surface area contributed by atoms with Crippen LogP contribution in [0.3, 0.4) is 0 Å². The summed E-state index contributed by atoms with van der Waals surface area (Å²) in [5.41, 5.74) is 0. The van der Waals surface area contributed by atoms with E-state index in [1.54, 1.807) is 0 Å². The summed E-state index contributed by atoms with van der Waals surface area (Å²) < 4.78 is 0. The van der Waals surface area contributed by atoms with Crippen LogP contribution in [0.4, 0.5) is 4.79 Å². The molecule has 5 heteroatoms. The number of carbonyl (C=O) groups excluding carboxylic acids is 1. The molecule has 0 bridgehead atoms. The van der Waals surface area contributed by atoms with Gasteiger partial charge in [0.1, 0.15) is 0 Å². The molecule has 0 rings (SSSR count). The third-order valence-corrected chi connectivity index (χ3v) is 3.42. The number of rotatable bonds is 9. The third kappa shape index (κ3) is 9.33. The number of amides is 2. The van der Waals surface area contributed by atoms with Gasteiger partial charge in [-0.05, 0) is 25.2 Å². The van der Waals surface area contributed by atoms with Gasteiger partial charge in [0, 0.05) is 19.0 Å². The summed E-state index contributed by atoms with van der Waals surface area (Å²) in [5.74, 6) is -0.238. The second kappa shape index (κ2) is 9.64. The van der Waals surface area contributed by atoms with Crippen molar-refractivity contribution in [2.24, 2.45) is 11.8 Å². The molecule has 19 heavy (non-hydrogen) atoms. The van der Waals surface area contributed by atoms with E-state index in [2.05, 4.69) is 24.5 Å². The summed E-state index contributed by atoms with van der Waals surface area (Å²) in [6, 6.07) is -0.0749. The summed E-state index contributed by atoms with van der Waals surface area (Å²) >= 11 is 0. The van der Waals surface area contributed by atoms with Crippen LogP contribution in [0.15, 0.2) is 0 Å². The summed E-state index contributed by atoms with van der Waals surface area (Å²) in [7, 11) is 0. The Bertz CT molecular complexity index is 282. The number of aliphatic carboxylic acids is 1. The zero-order valence-corrected chi connectivity index (χ0v) is 12.5. The fraction of sp³-hybridized carbons (Fsp3) is 0.857. The Morgan fingerprint density at radius 2 is 1.79 bits per heavy atom. The summed E-state index contributed by atoms with van der Waals surface area (Å²) in [6.45, 7) is 8.62. The van der Waals surface area contributed by atoms with Crippen molar-refractivity contribution in [3.05, 3.63) is 0 Å². The van der Waals surface area contributed by atoms with Gasteiger partial charge in [-0.25, -0.2) is 4.79 Å².